The van der Waals surface area contributed by atoms with Gasteiger partial charge in [-0.3, -0.25) is 13.9 Å². The van der Waals surface area contributed by atoms with Gasteiger partial charge in [-0.05, 0) is 75.1 Å². The number of hydrogen-bond donors (Lipinski definition) is 1. The van der Waals surface area contributed by atoms with E-state index < -0.39 is 34.1 Å². The van der Waals surface area contributed by atoms with Gasteiger partial charge in [0.25, 0.3) is 10.0 Å². The number of amides is 2. The summed E-state index contributed by atoms with van der Waals surface area (Å²) in [6.45, 7) is 9.03. The van der Waals surface area contributed by atoms with Crippen LogP contribution in [0.4, 0.5) is 5.69 Å². The number of nitrogens with one attached hydrogen (secondary N) is 1. The molecule has 0 aromatic heterocycles. The van der Waals surface area contributed by atoms with Crippen LogP contribution in [-0.2, 0) is 32.6 Å². The first-order valence-corrected chi connectivity index (χ1v) is 15.2. The second-order valence-corrected chi connectivity index (χ2v) is 12.9. The molecule has 2 amide bonds. The maximum atomic E-state index is 14.2. The van der Waals surface area contributed by atoms with Gasteiger partial charge in [-0.15, -0.1) is 0 Å². The summed E-state index contributed by atoms with van der Waals surface area (Å²) in [5.74, 6) is -0.792. The van der Waals surface area contributed by atoms with E-state index in [0.717, 1.165) is 15.4 Å². The van der Waals surface area contributed by atoms with Crippen LogP contribution < -0.4 is 9.62 Å². The summed E-state index contributed by atoms with van der Waals surface area (Å²) in [7, 11) is -4.11. The van der Waals surface area contributed by atoms with Gasteiger partial charge in [0, 0.05) is 17.1 Å². The van der Waals surface area contributed by atoms with Gasteiger partial charge in [0.05, 0.1) is 10.6 Å². The number of carbonyl (C=O) groups is 2. The first kappa shape index (κ1) is 31.2. The Hall–Kier alpha value is -3.36. The Bertz CT molecular complexity index is 1400. The van der Waals surface area contributed by atoms with Gasteiger partial charge in [0.1, 0.15) is 12.6 Å². The molecule has 1 atom stereocenters. The summed E-state index contributed by atoms with van der Waals surface area (Å²) in [4.78, 5) is 29.1. The fraction of sp³-hybridized carbons (Fsp3) is 0.355. The van der Waals surface area contributed by atoms with Gasteiger partial charge in [0.15, 0.2) is 0 Å². The molecule has 3 aromatic carbocycles. The van der Waals surface area contributed by atoms with Crippen molar-refractivity contribution in [1.29, 1.82) is 0 Å². The first-order valence-electron chi connectivity index (χ1n) is 13.4. The topological polar surface area (TPSA) is 86.8 Å². The zero-order chi connectivity index (χ0) is 29.5. The molecular formula is C31H38ClN3O4S. The molecule has 0 saturated carbocycles. The molecule has 0 spiro atoms. The third-order valence-corrected chi connectivity index (χ3v) is 8.43. The molecule has 1 unspecified atom stereocenters. The second kappa shape index (κ2) is 13.3. The fourth-order valence-corrected chi connectivity index (χ4v) is 6.04. The van der Waals surface area contributed by atoms with Crippen molar-refractivity contribution in [1.82, 2.24) is 10.2 Å². The predicted octanol–water partition coefficient (Wildman–Crippen LogP) is 5.82. The summed E-state index contributed by atoms with van der Waals surface area (Å²) in [5, 5.41) is 3.53. The number of para-hydroxylation sites is 1. The highest BCUT2D eigenvalue weighted by Crippen LogP contribution is 2.28. The molecule has 214 valence electrons. The highest BCUT2D eigenvalue weighted by Gasteiger charge is 2.35. The predicted molar refractivity (Wildman–Crippen MR) is 161 cm³/mol. The summed E-state index contributed by atoms with van der Waals surface area (Å²) < 4.78 is 29.1. The molecule has 1 N–H and O–H groups in total. The molecule has 0 radical (unpaired) electrons. The molecule has 9 heteroatoms. The summed E-state index contributed by atoms with van der Waals surface area (Å²) in [6, 6.07) is 21.4. The van der Waals surface area contributed by atoms with Gasteiger partial charge in [-0.1, -0.05) is 74.0 Å². The van der Waals surface area contributed by atoms with Crippen molar-refractivity contribution in [2.24, 2.45) is 0 Å². The van der Waals surface area contributed by atoms with Crippen LogP contribution in [0.3, 0.4) is 0 Å². The number of benzene rings is 3. The maximum absolute atomic E-state index is 14.2. The minimum atomic E-state index is -4.11. The Kier molecular flexibility index (Phi) is 10.4. The normalized spacial score (nSPS) is 12.4. The third-order valence-electron chi connectivity index (χ3n) is 6.40. The lowest BCUT2D eigenvalue weighted by Gasteiger charge is -2.35. The van der Waals surface area contributed by atoms with Crippen molar-refractivity contribution >= 4 is 39.1 Å². The highest BCUT2D eigenvalue weighted by atomic mass is 35.5. The molecule has 0 aliphatic carbocycles. The molecule has 0 aliphatic heterocycles. The maximum Gasteiger partial charge on any atom is 0.264 e. The Morgan fingerprint density at radius 1 is 0.900 bits per heavy atom. The SMILES string of the molecule is CCc1ccccc1N(CC(=O)N(Cc1ccc(Cl)cc1)C(CC)C(=O)NC(C)(C)C)S(=O)(=O)c1ccccc1. The molecule has 0 fully saturated rings. The van der Waals surface area contributed by atoms with E-state index >= 15 is 0 Å². The lowest BCUT2D eigenvalue weighted by Crippen LogP contribution is -2.55. The number of aryl methyl sites for hydroxylation is 1. The summed E-state index contributed by atoms with van der Waals surface area (Å²) >= 11 is 6.08. The van der Waals surface area contributed by atoms with Crippen molar-refractivity contribution in [3.8, 4) is 0 Å². The van der Waals surface area contributed by atoms with Crippen LogP contribution in [0.1, 0.15) is 52.2 Å². The summed E-state index contributed by atoms with van der Waals surface area (Å²) in [5.41, 5.74) is 1.48. The van der Waals surface area contributed by atoms with E-state index in [1.807, 2.05) is 46.8 Å². The van der Waals surface area contributed by atoms with Crippen LogP contribution in [0, 0.1) is 0 Å². The van der Waals surface area contributed by atoms with Crippen molar-refractivity contribution in [2.45, 2.75) is 70.5 Å². The standard InChI is InChI=1S/C31H38ClN3O4S/c1-6-24-13-11-12-16-28(24)35(40(38,39)26-14-9-8-10-15-26)22-29(36)34(21-23-17-19-25(32)20-18-23)27(7-2)30(37)33-31(3,4)5/h8-20,27H,6-7,21-22H2,1-5H3,(H,33,37). The second-order valence-electron chi connectivity index (χ2n) is 10.6. The van der Waals surface area contributed by atoms with E-state index in [1.54, 1.807) is 54.6 Å². The van der Waals surface area contributed by atoms with Crippen molar-refractivity contribution < 1.29 is 18.0 Å². The van der Waals surface area contributed by atoms with Gasteiger partial charge in [-0.25, -0.2) is 8.42 Å². The molecule has 0 saturated heterocycles. The number of hydrogen-bond acceptors (Lipinski definition) is 4. The van der Waals surface area contributed by atoms with Gasteiger partial charge < -0.3 is 10.2 Å². The van der Waals surface area contributed by atoms with Crippen LogP contribution in [0.2, 0.25) is 5.02 Å². The van der Waals surface area contributed by atoms with Crippen LogP contribution in [0.25, 0.3) is 0 Å². The minimum absolute atomic E-state index is 0.0791. The van der Waals surface area contributed by atoms with Crippen LogP contribution in [0.5, 0.6) is 0 Å². The van der Waals surface area contributed by atoms with Crippen molar-refractivity contribution in [3.63, 3.8) is 0 Å². The molecule has 7 nitrogen and oxygen atoms in total. The first-order chi connectivity index (χ1) is 18.9. The average molecular weight is 584 g/mol. The molecular weight excluding hydrogens is 546 g/mol. The number of carbonyl (C=O) groups excluding carboxylic acids is 2. The van der Waals surface area contributed by atoms with E-state index in [0.29, 0.717) is 23.6 Å². The van der Waals surface area contributed by atoms with Gasteiger partial charge >= 0.3 is 0 Å². The molecule has 0 aliphatic rings. The molecule has 3 aromatic rings. The lowest BCUT2D eigenvalue weighted by atomic mass is 10.1. The zero-order valence-corrected chi connectivity index (χ0v) is 25.3. The number of sulfonamides is 1. The average Bonchev–Trinajstić information content (AvgIpc) is 2.92. The van der Waals surface area contributed by atoms with Crippen LogP contribution >= 0.6 is 11.6 Å². The van der Waals surface area contributed by atoms with Crippen LogP contribution in [0.15, 0.2) is 83.8 Å². The Balaban J connectivity index is 2.09. The number of halogens is 1. The minimum Gasteiger partial charge on any atom is -0.350 e. The van der Waals surface area contributed by atoms with E-state index in [1.165, 1.54) is 17.0 Å². The van der Waals surface area contributed by atoms with Crippen molar-refractivity contribution in [2.75, 3.05) is 10.8 Å². The number of anilines is 1. The Morgan fingerprint density at radius 2 is 1.50 bits per heavy atom. The molecule has 0 bridgehead atoms. The van der Waals surface area contributed by atoms with Gasteiger partial charge in [0.2, 0.25) is 11.8 Å². The van der Waals surface area contributed by atoms with Gasteiger partial charge in [-0.2, -0.15) is 0 Å². The summed E-state index contributed by atoms with van der Waals surface area (Å²) in [6.07, 6.45) is 0.920. The van der Waals surface area contributed by atoms with E-state index in [9.17, 15) is 18.0 Å². The largest absolute Gasteiger partial charge is 0.350 e. The molecule has 0 heterocycles. The van der Waals surface area contributed by atoms with Crippen LogP contribution in [-0.4, -0.2) is 43.3 Å². The fourth-order valence-electron chi connectivity index (χ4n) is 4.45. The quantitative estimate of drug-likeness (QED) is 0.308. The van der Waals surface area contributed by atoms with E-state index in [2.05, 4.69) is 5.32 Å². The lowest BCUT2D eigenvalue weighted by molar-refractivity contribution is -0.141. The van der Waals surface area contributed by atoms with Crippen molar-refractivity contribution in [3.05, 3.63) is 95.0 Å². The Morgan fingerprint density at radius 3 is 2.08 bits per heavy atom. The van der Waals surface area contributed by atoms with E-state index in [-0.39, 0.29) is 17.3 Å². The highest BCUT2D eigenvalue weighted by molar-refractivity contribution is 7.92. The number of rotatable bonds is 11. The molecule has 40 heavy (non-hydrogen) atoms. The number of nitrogens with zero attached hydrogens (tertiary/aromatic N) is 2. The molecule has 3 rings (SSSR count). The monoisotopic (exact) mass is 583 g/mol. The third kappa shape index (κ3) is 7.86. The van der Waals surface area contributed by atoms with E-state index in [4.69, 9.17) is 11.6 Å². The Labute approximate surface area is 243 Å². The zero-order valence-electron chi connectivity index (χ0n) is 23.7. The smallest absolute Gasteiger partial charge is 0.264 e.